The maximum atomic E-state index is 2.52. The van der Waals surface area contributed by atoms with Crippen molar-refractivity contribution >= 4 is 72.4 Å². The van der Waals surface area contributed by atoms with Gasteiger partial charge in [-0.2, -0.15) is 0 Å². The topological polar surface area (TPSA) is 9.86 Å². The molecule has 0 aliphatic carbocycles. The second-order valence-electron chi connectivity index (χ2n) is 14.8. The lowest BCUT2D eigenvalue weighted by Gasteiger charge is -2.34. The monoisotopic (exact) mass is 742 g/mol. The zero-order chi connectivity index (χ0) is 37.8. The molecule has 11 rings (SSSR count). The summed E-state index contributed by atoms with van der Waals surface area (Å²) in [5, 5.41) is 10.5. The highest BCUT2D eigenvalue weighted by atomic mass is 28.3. The third kappa shape index (κ3) is 5.10. The molecular weight excluding hydrogens is 705 g/mol. The minimum absolute atomic E-state index is 1.15. The van der Waals surface area contributed by atoms with Gasteiger partial charge < -0.3 is 9.13 Å². The van der Waals surface area contributed by atoms with E-state index < -0.39 is 8.07 Å². The molecule has 268 valence electrons. The second-order valence-corrected chi connectivity index (χ2v) is 18.7. The molecule has 2 aromatic heterocycles. The van der Waals surface area contributed by atoms with Gasteiger partial charge in [-0.15, -0.1) is 0 Å². The number of benzene rings is 9. The smallest absolute Gasteiger partial charge is 0.179 e. The van der Waals surface area contributed by atoms with E-state index in [1.54, 1.807) is 0 Å². The molecular formula is C54H38N2Si. The number of aromatic nitrogens is 2. The first-order valence-electron chi connectivity index (χ1n) is 19.7. The van der Waals surface area contributed by atoms with Gasteiger partial charge in [0.2, 0.25) is 0 Å². The quantitative estimate of drug-likeness (QED) is 0.114. The van der Waals surface area contributed by atoms with Gasteiger partial charge in [0.1, 0.15) is 0 Å². The van der Waals surface area contributed by atoms with Gasteiger partial charge in [-0.05, 0) is 62.7 Å². The lowest BCUT2D eigenvalue weighted by molar-refractivity contribution is 1.17. The van der Waals surface area contributed by atoms with Crippen LogP contribution in [0.3, 0.4) is 0 Å². The van der Waals surface area contributed by atoms with Crippen molar-refractivity contribution in [2.45, 2.75) is 0 Å². The summed E-state index contributed by atoms with van der Waals surface area (Å²) in [5.41, 5.74) is 9.57. The molecule has 2 heterocycles. The molecule has 0 N–H and O–H groups in total. The fraction of sp³-hybridized carbons (Fsp3) is 0. The fourth-order valence-electron chi connectivity index (χ4n) is 9.49. The zero-order valence-corrected chi connectivity index (χ0v) is 32.3. The standard InChI is InChI=1S/C54H38N2Si/c1-6-19-40(20-7-1)55-50-32-17-16-29-49(50)52-51(55)38-37-48-47-31-18-30-46(53(47)56(54(48)52)41-21-8-2-9-22-41)39-33-35-45(36-34-39)57(42-23-10-3-11-24-42,43-25-12-4-13-26-43)44-27-14-5-15-28-44/h1-38H. The summed E-state index contributed by atoms with van der Waals surface area (Å²) >= 11 is 0. The average molecular weight is 743 g/mol. The molecule has 0 amide bonds. The van der Waals surface area contributed by atoms with Gasteiger partial charge in [0, 0.05) is 38.5 Å². The fourth-order valence-corrected chi connectivity index (χ4v) is 14.2. The highest BCUT2D eigenvalue weighted by molar-refractivity contribution is 7.19. The molecule has 2 nitrogen and oxygen atoms in total. The summed E-state index contributed by atoms with van der Waals surface area (Å²) in [4.78, 5) is 0. The van der Waals surface area contributed by atoms with Crippen LogP contribution >= 0.6 is 0 Å². The maximum Gasteiger partial charge on any atom is 0.179 e. The Morgan fingerprint density at radius 2 is 0.737 bits per heavy atom. The first kappa shape index (κ1) is 33.2. The normalized spacial score (nSPS) is 11.9. The van der Waals surface area contributed by atoms with E-state index in [1.165, 1.54) is 75.5 Å². The van der Waals surface area contributed by atoms with Crippen LogP contribution in [0, 0.1) is 0 Å². The third-order valence-electron chi connectivity index (χ3n) is 11.9. The average Bonchev–Trinajstić information content (AvgIpc) is 3.82. The van der Waals surface area contributed by atoms with Crippen LogP contribution in [-0.4, -0.2) is 17.2 Å². The maximum absolute atomic E-state index is 2.66. The van der Waals surface area contributed by atoms with Gasteiger partial charge in [-0.3, -0.25) is 0 Å². The molecule has 0 spiro atoms. The number of nitrogens with zero attached hydrogens (tertiary/aromatic N) is 2. The van der Waals surface area contributed by atoms with Crippen molar-refractivity contribution in [3.63, 3.8) is 0 Å². The van der Waals surface area contributed by atoms with Crippen molar-refractivity contribution in [2.75, 3.05) is 0 Å². The van der Waals surface area contributed by atoms with Gasteiger partial charge >= 0.3 is 0 Å². The van der Waals surface area contributed by atoms with Crippen LogP contribution in [0.2, 0.25) is 0 Å². The molecule has 0 bridgehead atoms. The van der Waals surface area contributed by atoms with E-state index in [2.05, 4.69) is 240 Å². The zero-order valence-electron chi connectivity index (χ0n) is 31.3. The van der Waals surface area contributed by atoms with Crippen molar-refractivity contribution in [1.29, 1.82) is 0 Å². The number of rotatable bonds is 7. The Morgan fingerprint density at radius 1 is 0.281 bits per heavy atom. The second kappa shape index (κ2) is 13.5. The number of hydrogen-bond donors (Lipinski definition) is 0. The summed E-state index contributed by atoms with van der Waals surface area (Å²) in [7, 11) is -2.66. The minimum atomic E-state index is -2.66. The number of hydrogen-bond acceptors (Lipinski definition) is 0. The van der Waals surface area contributed by atoms with Crippen LogP contribution in [-0.2, 0) is 0 Å². The highest BCUT2D eigenvalue weighted by Gasteiger charge is 2.41. The summed E-state index contributed by atoms with van der Waals surface area (Å²) in [6, 6.07) is 85.0. The highest BCUT2D eigenvalue weighted by Crippen LogP contribution is 2.44. The first-order valence-corrected chi connectivity index (χ1v) is 21.7. The lowest BCUT2D eigenvalue weighted by Crippen LogP contribution is -2.74. The van der Waals surface area contributed by atoms with Crippen LogP contribution in [0.15, 0.2) is 231 Å². The van der Waals surface area contributed by atoms with Gasteiger partial charge in [0.15, 0.2) is 8.07 Å². The Kier molecular flexibility index (Phi) is 7.87. The summed E-state index contributed by atoms with van der Waals surface area (Å²) in [5.74, 6) is 0. The van der Waals surface area contributed by atoms with E-state index in [4.69, 9.17) is 0 Å². The predicted molar refractivity (Wildman–Crippen MR) is 244 cm³/mol. The Hall–Kier alpha value is -7.20. The SMILES string of the molecule is c1ccc(-n2c3ccccc3c3c2ccc2c4cccc(-c5ccc([Si](c6ccccc6)(c6ccccc6)c6ccccc6)cc5)c4n(-c4ccccc4)c23)cc1. The van der Waals surface area contributed by atoms with E-state index in [1.807, 2.05) is 0 Å². The molecule has 0 unspecified atom stereocenters. The molecule has 3 heteroatoms. The van der Waals surface area contributed by atoms with Crippen LogP contribution < -0.4 is 20.7 Å². The van der Waals surface area contributed by atoms with E-state index in [0.717, 1.165) is 11.4 Å². The van der Waals surface area contributed by atoms with Crippen LogP contribution in [0.1, 0.15) is 0 Å². The van der Waals surface area contributed by atoms with Crippen LogP contribution in [0.4, 0.5) is 0 Å². The molecule has 0 aliphatic heterocycles. The van der Waals surface area contributed by atoms with E-state index in [9.17, 15) is 0 Å². The van der Waals surface area contributed by atoms with Gasteiger partial charge in [0.25, 0.3) is 0 Å². The Labute approximate surface area is 333 Å². The van der Waals surface area contributed by atoms with Gasteiger partial charge in [-0.25, -0.2) is 0 Å². The van der Waals surface area contributed by atoms with Crippen molar-refractivity contribution < 1.29 is 0 Å². The minimum Gasteiger partial charge on any atom is -0.309 e. The van der Waals surface area contributed by atoms with E-state index >= 15 is 0 Å². The Morgan fingerprint density at radius 3 is 1.32 bits per heavy atom. The molecule has 11 aromatic rings. The van der Waals surface area contributed by atoms with Crippen molar-refractivity contribution in [2.24, 2.45) is 0 Å². The third-order valence-corrected chi connectivity index (χ3v) is 16.7. The largest absolute Gasteiger partial charge is 0.309 e. The van der Waals surface area contributed by atoms with Gasteiger partial charge in [-0.1, -0.05) is 194 Å². The lowest BCUT2D eigenvalue weighted by atomic mass is 10.0. The molecule has 0 aliphatic rings. The van der Waals surface area contributed by atoms with Crippen molar-refractivity contribution in [1.82, 2.24) is 9.13 Å². The molecule has 0 atom stereocenters. The molecule has 0 saturated heterocycles. The van der Waals surface area contributed by atoms with Crippen LogP contribution in [0.5, 0.6) is 0 Å². The van der Waals surface area contributed by atoms with E-state index in [-0.39, 0.29) is 0 Å². The molecule has 0 saturated carbocycles. The van der Waals surface area contributed by atoms with Crippen molar-refractivity contribution in [3.8, 4) is 22.5 Å². The van der Waals surface area contributed by atoms with Gasteiger partial charge in [0.05, 0.1) is 22.1 Å². The van der Waals surface area contributed by atoms with Crippen LogP contribution in [0.25, 0.3) is 66.1 Å². The van der Waals surface area contributed by atoms with Crippen molar-refractivity contribution in [3.05, 3.63) is 231 Å². The summed E-state index contributed by atoms with van der Waals surface area (Å²) in [6.45, 7) is 0. The Balaban J connectivity index is 1.20. The number of para-hydroxylation sites is 4. The predicted octanol–water partition coefficient (Wildman–Crippen LogP) is 10.9. The number of fused-ring (bicyclic) bond motifs is 7. The Bertz CT molecular complexity index is 3090. The first-order chi connectivity index (χ1) is 28.3. The molecule has 0 radical (unpaired) electrons. The molecule has 9 aromatic carbocycles. The molecule has 0 fully saturated rings. The van der Waals surface area contributed by atoms with E-state index in [0.29, 0.717) is 0 Å². The molecule has 57 heavy (non-hydrogen) atoms. The summed E-state index contributed by atoms with van der Waals surface area (Å²) in [6.07, 6.45) is 0. The summed E-state index contributed by atoms with van der Waals surface area (Å²) < 4.78 is 4.94.